The average molecular weight is 264 g/mol. The van der Waals surface area contributed by atoms with E-state index in [0.717, 1.165) is 0 Å². The fourth-order valence-electron chi connectivity index (χ4n) is 1.68. The third kappa shape index (κ3) is 3.06. The van der Waals surface area contributed by atoms with E-state index >= 15 is 0 Å². The van der Waals surface area contributed by atoms with Gasteiger partial charge in [-0.2, -0.15) is 0 Å². The molecule has 0 bridgehead atoms. The summed E-state index contributed by atoms with van der Waals surface area (Å²) < 4.78 is 10.4. The fraction of sp³-hybridized carbons (Fsp3) is 0.357. The highest BCUT2D eigenvalue weighted by Crippen LogP contribution is 2.33. The molecule has 0 spiro atoms. The number of fused-ring (bicyclic) bond motifs is 1. The monoisotopic (exact) mass is 264 g/mol. The third-order valence-electron chi connectivity index (χ3n) is 2.91. The molecular weight excluding hydrogens is 248 g/mol. The number of rotatable bonds is 5. The standard InChI is InChI=1S/C14H16O5/c1-9(8-15)6-7-18-11-4-2-10-3-5-12(16)19-14(10)13(11)17/h2-5,9,15,17H,6-8H2,1H3. The lowest BCUT2D eigenvalue weighted by atomic mass is 10.1. The molecule has 1 aromatic carbocycles. The van der Waals surface area contributed by atoms with Crippen molar-refractivity contribution in [1.82, 2.24) is 0 Å². The number of phenols is 1. The van der Waals surface area contributed by atoms with Crippen LogP contribution >= 0.6 is 0 Å². The summed E-state index contributed by atoms with van der Waals surface area (Å²) in [5.74, 6) is 0.236. The summed E-state index contributed by atoms with van der Waals surface area (Å²) in [4.78, 5) is 11.1. The number of ether oxygens (including phenoxy) is 1. The Kier molecular flexibility index (Phi) is 4.06. The van der Waals surface area contributed by atoms with Gasteiger partial charge in [-0.05, 0) is 30.5 Å². The van der Waals surface area contributed by atoms with Crippen LogP contribution in [0, 0.1) is 5.92 Å². The van der Waals surface area contributed by atoms with Gasteiger partial charge in [0.05, 0.1) is 6.61 Å². The second-order valence-corrected chi connectivity index (χ2v) is 4.51. The molecule has 0 amide bonds. The van der Waals surface area contributed by atoms with Crippen LogP contribution in [0.4, 0.5) is 0 Å². The van der Waals surface area contributed by atoms with E-state index in [-0.39, 0.29) is 29.6 Å². The van der Waals surface area contributed by atoms with Gasteiger partial charge in [0.2, 0.25) is 5.75 Å². The van der Waals surface area contributed by atoms with Gasteiger partial charge in [-0.1, -0.05) is 6.92 Å². The minimum Gasteiger partial charge on any atom is -0.502 e. The summed E-state index contributed by atoms with van der Waals surface area (Å²) >= 11 is 0. The molecule has 0 aliphatic heterocycles. The molecule has 0 radical (unpaired) electrons. The molecule has 1 heterocycles. The largest absolute Gasteiger partial charge is 0.502 e. The van der Waals surface area contributed by atoms with Crippen molar-refractivity contribution in [3.63, 3.8) is 0 Å². The van der Waals surface area contributed by atoms with Crippen molar-refractivity contribution in [2.45, 2.75) is 13.3 Å². The number of hydrogen-bond donors (Lipinski definition) is 2. The molecule has 2 aromatic rings. The first-order chi connectivity index (χ1) is 9.11. The molecule has 2 N–H and O–H groups in total. The highest BCUT2D eigenvalue weighted by atomic mass is 16.5. The van der Waals surface area contributed by atoms with Gasteiger partial charge in [0.25, 0.3) is 0 Å². The average Bonchev–Trinajstić information content (AvgIpc) is 2.41. The van der Waals surface area contributed by atoms with Gasteiger partial charge in [0.1, 0.15) is 0 Å². The van der Waals surface area contributed by atoms with Crippen LogP contribution in [0.3, 0.4) is 0 Å². The maximum Gasteiger partial charge on any atom is 0.336 e. The Morgan fingerprint density at radius 2 is 2.05 bits per heavy atom. The Labute approximate surface area is 110 Å². The highest BCUT2D eigenvalue weighted by Gasteiger charge is 2.10. The van der Waals surface area contributed by atoms with Crippen molar-refractivity contribution < 1.29 is 19.4 Å². The lowest BCUT2D eigenvalue weighted by molar-refractivity contribution is 0.200. The van der Waals surface area contributed by atoms with Crippen LogP contribution in [0.1, 0.15) is 13.3 Å². The normalized spacial score (nSPS) is 12.5. The van der Waals surface area contributed by atoms with Crippen LogP contribution in [0.2, 0.25) is 0 Å². The van der Waals surface area contributed by atoms with Gasteiger partial charge in [0, 0.05) is 18.1 Å². The maximum atomic E-state index is 11.1. The first-order valence-electron chi connectivity index (χ1n) is 6.11. The second kappa shape index (κ2) is 5.75. The van der Waals surface area contributed by atoms with E-state index in [9.17, 15) is 9.90 Å². The number of hydrogen-bond acceptors (Lipinski definition) is 5. The van der Waals surface area contributed by atoms with Crippen molar-refractivity contribution in [3.05, 3.63) is 34.7 Å². The molecule has 102 valence electrons. The summed E-state index contributed by atoms with van der Waals surface area (Å²) in [6.07, 6.45) is 0.673. The summed E-state index contributed by atoms with van der Waals surface area (Å²) in [5, 5.41) is 19.5. The molecule has 5 nitrogen and oxygen atoms in total. The minimum absolute atomic E-state index is 0.0991. The van der Waals surface area contributed by atoms with Crippen LogP contribution in [0.15, 0.2) is 33.5 Å². The quantitative estimate of drug-likeness (QED) is 0.806. The Morgan fingerprint density at radius 3 is 2.79 bits per heavy atom. The maximum absolute atomic E-state index is 11.1. The Balaban J connectivity index is 2.20. The van der Waals surface area contributed by atoms with E-state index in [1.165, 1.54) is 6.07 Å². The molecule has 19 heavy (non-hydrogen) atoms. The van der Waals surface area contributed by atoms with Gasteiger partial charge in [-0.25, -0.2) is 4.79 Å². The van der Waals surface area contributed by atoms with E-state index in [2.05, 4.69) is 0 Å². The third-order valence-corrected chi connectivity index (χ3v) is 2.91. The molecule has 1 atom stereocenters. The molecule has 0 saturated heterocycles. The van der Waals surface area contributed by atoms with Crippen molar-refractivity contribution in [3.8, 4) is 11.5 Å². The van der Waals surface area contributed by atoms with Crippen LogP contribution in [0.5, 0.6) is 11.5 Å². The van der Waals surface area contributed by atoms with Crippen molar-refractivity contribution in [2.75, 3.05) is 13.2 Å². The highest BCUT2D eigenvalue weighted by molar-refractivity contribution is 5.84. The Hall–Kier alpha value is -2.01. The summed E-state index contributed by atoms with van der Waals surface area (Å²) in [6, 6.07) is 6.22. The number of phenolic OH excluding ortho intramolecular Hbond substituents is 1. The SMILES string of the molecule is CC(CO)CCOc1ccc2ccc(=O)oc2c1O. The predicted molar refractivity (Wildman–Crippen MR) is 70.5 cm³/mol. The number of aromatic hydroxyl groups is 1. The van der Waals surface area contributed by atoms with Crippen molar-refractivity contribution >= 4 is 11.0 Å². The first kappa shape index (κ1) is 13.4. The summed E-state index contributed by atoms with van der Waals surface area (Å²) in [7, 11) is 0. The van der Waals surface area contributed by atoms with Crippen LogP contribution in [-0.2, 0) is 0 Å². The van der Waals surface area contributed by atoms with E-state index in [4.69, 9.17) is 14.3 Å². The molecule has 2 rings (SSSR count). The Morgan fingerprint density at radius 1 is 1.32 bits per heavy atom. The van der Waals surface area contributed by atoms with E-state index in [0.29, 0.717) is 18.4 Å². The molecule has 1 aromatic heterocycles. The predicted octanol–water partition coefficient (Wildman–Crippen LogP) is 1.90. The van der Waals surface area contributed by atoms with Gasteiger partial charge < -0.3 is 19.4 Å². The summed E-state index contributed by atoms with van der Waals surface area (Å²) in [6.45, 7) is 2.38. The van der Waals surface area contributed by atoms with Gasteiger partial charge in [0.15, 0.2) is 11.3 Å². The van der Waals surface area contributed by atoms with Gasteiger partial charge >= 0.3 is 5.63 Å². The van der Waals surface area contributed by atoms with Crippen molar-refractivity contribution in [1.29, 1.82) is 0 Å². The van der Waals surface area contributed by atoms with Gasteiger partial charge in [-0.15, -0.1) is 0 Å². The van der Waals surface area contributed by atoms with Crippen LogP contribution in [0.25, 0.3) is 11.0 Å². The van der Waals surface area contributed by atoms with Gasteiger partial charge in [-0.3, -0.25) is 0 Å². The molecule has 0 saturated carbocycles. The van der Waals surface area contributed by atoms with Crippen LogP contribution < -0.4 is 10.4 Å². The first-order valence-corrected chi connectivity index (χ1v) is 6.11. The fourth-order valence-corrected chi connectivity index (χ4v) is 1.68. The zero-order chi connectivity index (χ0) is 13.8. The summed E-state index contributed by atoms with van der Waals surface area (Å²) in [5.41, 5.74) is -0.394. The van der Waals surface area contributed by atoms with Crippen molar-refractivity contribution in [2.24, 2.45) is 5.92 Å². The van der Waals surface area contributed by atoms with Crippen LogP contribution in [-0.4, -0.2) is 23.4 Å². The molecule has 0 fully saturated rings. The lowest BCUT2D eigenvalue weighted by Gasteiger charge is -2.11. The molecule has 0 aliphatic rings. The zero-order valence-corrected chi connectivity index (χ0v) is 10.6. The minimum atomic E-state index is -0.520. The van der Waals surface area contributed by atoms with E-state index in [1.807, 2.05) is 6.92 Å². The van der Waals surface area contributed by atoms with E-state index in [1.54, 1.807) is 18.2 Å². The smallest absolute Gasteiger partial charge is 0.336 e. The number of aliphatic hydroxyl groups is 1. The molecular formula is C14H16O5. The molecule has 0 aliphatic carbocycles. The topological polar surface area (TPSA) is 79.9 Å². The molecule has 5 heteroatoms. The number of benzene rings is 1. The zero-order valence-electron chi connectivity index (χ0n) is 10.6. The second-order valence-electron chi connectivity index (χ2n) is 4.51. The number of aliphatic hydroxyl groups excluding tert-OH is 1. The lowest BCUT2D eigenvalue weighted by Crippen LogP contribution is -2.07. The molecule has 1 unspecified atom stereocenters. The Bertz CT molecular complexity index is 617. The van der Waals surface area contributed by atoms with E-state index < -0.39 is 5.63 Å².